The van der Waals surface area contributed by atoms with E-state index in [1.807, 2.05) is 60.7 Å². The van der Waals surface area contributed by atoms with E-state index in [9.17, 15) is 9.59 Å². The second-order valence-electron chi connectivity index (χ2n) is 7.56. The van der Waals surface area contributed by atoms with Gasteiger partial charge in [0.2, 0.25) is 0 Å². The monoisotopic (exact) mass is 528 g/mol. The third-order valence-corrected chi connectivity index (χ3v) is 6.93. The van der Waals surface area contributed by atoms with Crippen LogP contribution in [0.3, 0.4) is 0 Å². The minimum Gasteiger partial charge on any atom is -0.378 e. The fourth-order valence-electron chi connectivity index (χ4n) is 3.42. The first kappa shape index (κ1) is 26.0. The fourth-order valence-corrected chi connectivity index (χ4v) is 4.94. The van der Waals surface area contributed by atoms with Crippen molar-refractivity contribution in [3.8, 4) is 11.4 Å². The van der Waals surface area contributed by atoms with Gasteiger partial charge in [-0.2, -0.15) is 33.7 Å². The summed E-state index contributed by atoms with van der Waals surface area (Å²) >= 11 is 3.32. The van der Waals surface area contributed by atoms with Crippen molar-refractivity contribution >= 4 is 23.5 Å². The van der Waals surface area contributed by atoms with Crippen LogP contribution in [0.4, 0.5) is 0 Å². The fraction of sp³-hybridized carbons (Fsp3) is 0.333. The van der Waals surface area contributed by atoms with Crippen molar-refractivity contribution in [1.82, 2.24) is 29.5 Å². The second-order valence-corrected chi connectivity index (χ2v) is 9.77. The number of aromatic amines is 2. The van der Waals surface area contributed by atoms with Crippen LogP contribution < -0.4 is 11.4 Å². The van der Waals surface area contributed by atoms with E-state index in [0.29, 0.717) is 49.6 Å². The van der Waals surface area contributed by atoms with Crippen molar-refractivity contribution in [2.75, 3.05) is 37.9 Å². The van der Waals surface area contributed by atoms with Gasteiger partial charge in [0.05, 0.1) is 49.3 Å². The van der Waals surface area contributed by atoms with Gasteiger partial charge in [-0.1, -0.05) is 36.4 Å². The minimum atomic E-state index is -0.238. The van der Waals surface area contributed by atoms with E-state index in [4.69, 9.17) is 9.47 Å². The molecule has 0 atom stereocenters. The van der Waals surface area contributed by atoms with Crippen molar-refractivity contribution in [2.24, 2.45) is 0 Å². The predicted octanol–water partition coefficient (Wildman–Crippen LogP) is 2.63. The highest BCUT2D eigenvalue weighted by atomic mass is 32.2. The smallest absolute Gasteiger partial charge is 0.347 e. The molecule has 4 rings (SSSR count). The van der Waals surface area contributed by atoms with E-state index >= 15 is 0 Å². The zero-order chi connectivity index (χ0) is 25.0. The molecule has 0 unspecified atom stereocenters. The summed E-state index contributed by atoms with van der Waals surface area (Å²) in [5.74, 6) is 4.18. The molecular formula is C24H28N6O4S2. The van der Waals surface area contributed by atoms with Crippen LogP contribution in [0.2, 0.25) is 0 Å². The lowest BCUT2D eigenvalue weighted by molar-refractivity contribution is 0.0605. The summed E-state index contributed by atoms with van der Waals surface area (Å²) in [5, 5.41) is 13.3. The number of hydrogen-bond donors (Lipinski definition) is 2. The van der Waals surface area contributed by atoms with Crippen LogP contribution >= 0.6 is 23.5 Å². The van der Waals surface area contributed by atoms with Crippen molar-refractivity contribution in [1.29, 1.82) is 0 Å². The molecule has 2 aromatic heterocycles. The van der Waals surface area contributed by atoms with Crippen LogP contribution in [-0.2, 0) is 21.0 Å². The molecule has 0 radical (unpaired) electrons. The zero-order valence-electron chi connectivity index (χ0n) is 19.7. The maximum absolute atomic E-state index is 12.1. The van der Waals surface area contributed by atoms with Gasteiger partial charge in [0.25, 0.3) is 0 Å². The van der Waals surface area contributed by atoms with E-state index in [2.05, 4.69) is 20.4 Å². The maximum Gasteiger partial charge on any atom is 0.347 e. The van der Waals surface area contributed by atoms with Gasteiger partial charge in [-0.3, -0.25) is 0 Å². The second kappa shape index (κ2) is 13.9. The van der Waals surface area contributed by atoms with Crippen molar-refractivity contribution in [3.63, 3.8) is 0 Å². The Hall–Kier alpha value is -3.06. The number of para-hydroxylation sites is 2. The summed E-state index contributed by atoms with van der Waals surface area (Å²) in [7, 11) is 0. The standard InChI is InChI=1S/C24H28N6O4S2/c31-23-27-25-21(29(23)19-7-3-1-4-8-19)17-35-15-13-33-11-12-34-14-16-36-18-22-26-28-24(32)30(22)20-9-5-2-6-10-20/h1-10H,11-18H2,(H,27,31)(H,28,32). The number of benzene rings is 2. The Morgan fingerprint density at radius 2 is 1.06 bits per heavy atom. The molecule has 0 fully saturated rings. The van der Waals surface area contributed by atoms with Gasteiger partial charge in [0.15, 0.2) is 0 Å². The lowest BCUT2D eigenvalue weighted by Crippen LogP contribution is -2.16. The minimum absolute atomic E-state index is 0.238. The molecule has 0 amide bonds. The molecule has 0 saturated heterocycles. The number of rotatable bonds is 15. The average molecular weight is 529 g/mol. The van der Waals surface area contributed by atoms with Gasteiger partial charge in [-0.25, -0.2) is 28.9 Å². The summed E-state index contributed by atoms with van der Waals surface area (Å²) < 4.78 is 14.4. The predicted molar refractivity (Wildman–Crippen MR) is 142 cm³/mol. The Labute approximate surface area is 216 Å². The number of H-pyrrole nitrogens is 2. The van der Waals surface area contributed by atoms with Gasteiger partial charge in [-0.05, 0) is 24.3 Å². The van der Waals surface area contributed by atoms with Crippen LogP contribution in [-0.4, -0.2) is 67.5 Å². The Bertz CT molecular complexity index is 1200. The van der Waals surface area contributed by atoms with E-state index in [-0.39, 0.29) is 11.4 Å². The third-order valence-electron chi connectivity index (χ3n) is 5.09. The summed E-state index contributed by atoms with van der Waals surface area (Å²) in [6.45, 7) is 2.24. The van der Waals surface area contributed by atoms with Crippen LogP contribution in [0.5, 0.6) is 0 Å². The Balaban J connectivity index is 1.04. The van der Waals surface area contributed by atoms with Gasteiger partial charge in [0.1, 0.15) is 11.6 Å². The number of nitrogens with zero attached hydrogens (tertiary/aromatic N) is 4. The lowest BCUT2D eigenvalue weighted by Gasteiger charge is -2.07. The van der Waals surface area contributed by atoms with Gasteiger partial charge in [-0.15, -0.1) is 0 Å². The first-order chi connectivity index (χ1) is 17.7. The first-order valence-electron chi connectivity index (χ1n) is 11.5. The Morgan fingerprint density at radius 3 is 1.47 bits per heavy atom. The largest absolute Gasteiger partial charge is 0.378 e. The molecular weight excluding hydrogens is 500 g/mol. The average Bonchev–Trinajstić information content (AvgIpc) is 3.47. The topological polar surface area (TPSA) is 120 Å². The molecule has 0 aliphatic rings. The van der Waals surface area contributed by atoms with Crippen LogP contribution in [0.25, 0.3) is 11.4 Å². The highest BCUT2D eigenvalue weighted by Gasteiger charge is 2.11. The number of ether oxygens (including phenoxy) is 2. The molecule has 2 heterocycles. The highest BCUT2D eigenvalue weighted by Crippen LogP contribution is 2.14. The van der Waals surface area contributed by atoms with Crippen molar-refractivity contribution in [3.05, 3.63) is 93.3 Å². The normalized spacial score (nSPS) is 11.2. The molecule has 0 spiro atoms. The van der Waals surface area contributed by atoms with Crippen LogP contribution in [0.15, 0.2) is 70.3 Å². The zero-order valence-corrected chi connectivity index (χ0v) is 21.3. The maximum atomic E-state index is 12.1. The molecule has 12 heteroatoms. The summed E-state index contributed by atoms with van der Waals surface area (Å²) in [6, 6.07) is 18.9. The summed E-state index contributed by atoms with van der Waals surface area (Å²) in [4.78, 5) is 24.1. The molecule has 2 aromatic carbocycles. The molecule has 10 nitrogen and oxygen atoms in total. The molecule has 0 saturated carbocycles. The number of aromatic nitrogens is 6. The molecule has 190 valence electrons. The molecule has 0 aliphatic carbocycles. The first-order valence-corrected chi connectivity index (χ1v) is 13.8. The number of nitrogens with one attached hydrogen (secondary N) is 2. The lowest BCUT2D eigenvalue weighted by atomic mass is 10.3. The number of hydrogen-bond acceptors (Lipinski definition) is 8. The van der Waals surface area contributed by atoms with Crippen molar-refractivity contribution in [2.45, 2.75) is 11.5 Å². The van der Waals surface area contributed by atoms with E-state index in [1.165, 1.54) is 0 Å². The van der Waals surface area contributed by atoms with E-state index in [0.717, 1.165) is 22.9 Å². The van der Waals surface area contributed by atoms with Crippen LogP contribution in [0.1, 0.15) is 11.6 Å². The van der Waals surface area contributed by atoms with Gasteiger partial charge >= 0.3 is 11.4 Å². The van der Waals surface area contributed by atoms with Gasteiger partial charge < -0.3 is 9.47 Å². The van der Waals surface area contributed by atoms with Crippen LogP contribution in [0, 0.1) is 0 Å². The molecule has 2 N–H and O–H groups in total. The summed E-state index contributed by atoms with van der Waals surface area (Å²) in [5.41, 5.74) is 1.12. The highest BCUT2D eigenvalue weighted by molar-refractivity contribution is 7.98. The number of thioether (sulfide) groups is 2. The molecule has 0 bridgehead atoms. The Morgan fingerprint density at radius 1 is 0.639 bits per heavy atom. The SMILES string of the molecule is O=c1[nH]nc(CSCCOCCOCCSCc2n[nH]c(=O)n2-c2ccccc2)n1-c1ccccc1. The molecule has 36 heavy (non-hydrogen) atoms. The molecule has 4 aromatic rings. The summed E-state index contributed by atoms with van der Waals surface area (Å²) in [6.07, 6.45) is 0. The quantitative estimate of drug-likeness (QED) is 0.226. The third kappa shape index (κ3) is 7.23. The van der Waals surface area contributed by atoms with E-state index in [1.54, 1.807) is 32.7 Å². The van der Waals surface area contributed by atoms with Gasteiger partial charge in [0, 0.05) is 11.5 Å². The molecule has 0 aliphatic heterocycles. The van der Waals surface area contributed by atoms with E-state index < -0.39 is 0 Å². The Kier molecular flexibility index (Phi) is 10.0. The van der Waals surface area contributed by atoms with Crippen molar-refractivity contribution < 1.29 is 9.47 Å².